The molecule has 0 aromatic heterocycles. The minimum absolute atomic E-state index is 0.342. The van der Waals surface area contributed by atoms with Crippen molar-refractivity contribution in [3.05, 3.63) is 46.4 Å². The Morgan fingerprint density at radius 3 is 2.68 bits per heavy atom. The average Bonchev–Trinajstić information content (AvgIpc) is 2.62. The van der Waals surface area contributed by atoms with E-state index >= 15 is 0 Å². The Balaban J connectivity index is 1.72. The zero-order valence-corrected chi connectivity index (χ0v) is 15.0. The number of carbonyl (C=O) groups excluding carboxylic acids is 1. The fourth-order valence-electron chi connectivity index (χ4n) is 2.30. The van der Waals surface area contributed by atoms with Crippen molar-refractivity contribution in [1.29, 1.82) is 5.26 Å². The van der Waals surface area contributed by atoms with E-state index in [4.69, 9.17) is 19.5 Å². The predicted molar refractivity (Wildman–Crippen MR) is 95.0 cm³/mol. The molecule has 1 heterocycles. The second-order valence-corrected chi connectivity index (χ2v) is 6.19. The van der Waals surface area contributed by atoms with Gasteiger partial charge in [-0.2, -0.15) is 5.26 Å². The fourth-order valence-corrected chi connectivity index (χ4v) is 2.72. The molecule has 0 fully saturated rings. The minimum atomic E-state index is -0.783. The van der Waals surface area contributed by atoms with Gasteiger partial charge in [-0.05, 0) is 35.0 Å². The van der Waals surface area contributed by atoms with Gasteiger partial charge in [-0.25, -0.2) is 0 Å². The van der Waals surface area contributed by atoms with Crippen LogP contribution in [0.3, 0.4) is 0 Å². The number of nitriles is 1. The van der Waals surface area contributed by atoms with Crippen LogP contribution in [0.4, 0.5) is 5.69 Å². The van der Waals surface area contributed by atoms with Crippen LogP contribution in [0.15, 0.2) is 40.9 Å². The minimum Gasteiger partial charge on any atom is -0.486 e. The number of para-hydroxylation sites is 1. The SMILES string of the molecule is CC(Oc1ccccc1C#N)C(=O)Nc1cc2c(cc1Br)OCCO2. The number of nitrogens with one attached hydrogen (secondary N) is 1. The topological polar surface area (TPSA) is 80.6 Å². The second kappa shape index (κ2) is 7.45. The molecular weight excluding hydrogens is 388 g/mol. The summed E-state index contributed by atoms with van der Waals surface area (Å²) < 4.78 is 17.3. The summed E-state index contributed by atoms with van der Waals surface area (Å²) in [5, 5.41) is 11.9. The molecule has 3 rings (SSSR count). The molecule has 1 atom stereocenters. The second-order valence-electron chi connectivity index (χ2n) is 5.33. The van der Waals surface area contributed by atoms with Crippen molar-refractivity contribution in [2.24, 2.45) is 0 Å². The summed E-state index contributed by atoms with van der Waals surface area (Å²) in [6, 6.07) is 12.3. The maximum atomic E-state index is 12.4. The van der Waals surface area contributed by atoms with Crippen molar-refractivity contribution in [3.8, 4) is 23.3 Å². The van der Waals surface area contributed by atoms with Crippen LogP contribution >= 0.6 is 15.9 Å². The lowest BCUT2D eigenvalue weighted by Gasteiger charge is -2.21. The van der Waals surface area contributed by atoms with Crippen molar-refractivity contribution in [1.82, 2.24) is 0 Å². The van der Waals surface area contributed by atoms with E-state index in [2.05, 4.69) is 21.2 Å². The number of nitrogens with zero attached hydrogens (tertiary/aromatic N) is 1. The Morgan fingerprint density at radius 2 is 1.96 bits per heavy atom. The first-order valence-electron chi connectivity index (χ1n) is 7.64. The summed E-state index contributed by atoms with van der Waals surface area (Å²) in [5.74, 6) is 1.23. The van der Waals surface area contributed by atoms with Crippen LogP contribution < -0.4 is 19.5 Å². The third kappa shape index (κ3) is 3.86. The van der Waals surface area contributed by atoms with Crippen molar-refractivity contribution >= 4 is 27.5 Å². The Morgan fingerprint density at radius 1 is 1.28 bits per heavy atom. The predicted octanol–water partition coefficient (Wildman–Crippen LogP) is 3.50. The number of benzene rings is 2. The van der Waals surface area contributed by atoms with Crippen LogP contribution in [-0.2, 0) is 4.79 Å². The lowest BCUT2D eigenvalue weighted by molar-refractivity contribution is -0.122. The number of halogens is 1. The summed E-state index contributed by atoms with van der Waals surface area (Å²) in [6.07, 6.45) is -0.783. The third-order valence-electron chi connectivity index (χ3n) is 3.57. The van der Waals surface area contributed by atoms with Crippen LogP contribution in [0.2, 0.25) is 0 Å². The maximum Gasteiger partial charge on any atom is 0.265 e. The van der Waals surface area contributed by atoms with E-state index in [1.165, 1.54) is 0 Å². The summed E-state index contributed by atoms with van der Waals surface area (Å²) in [7, 11) is 0. The number of hydrogen-bond acceptors (Lipinski definition) is 5. The Kier molecular flexibility index (Phi) is 5.10. The monoisotopic (exact) mass is 402 g/mol. The van der Waals surface area contributed by atoms with Crippen molar-refractivity contribution in [3.63, 3.8) is 0 Å². The lowest BCUT2D eigenvalue weighted by Crippen LogP contribution is -2.30. The summed E-state index contributed by atoms with van der Waals surface area (Å²) in [5.41, 5.74) is 0.931. The van der Waals surface area contributed by atoms with Crippen LogP contribution in [0.25, 0.3) is 0 Å². The zero-order valence-electron chi connectivity index (χ0n) is 13.4. The highest BCUT2D eigenvalue weighted by Crippen LogP contribution is 2.38. The molecular formula is C18H15BrN2O4. The van der Waals surface area contributed by atoms with Gasteiger partial charge >= 0.3 is 0 Å². The van der Waals surface area contributed by atoms with Crippen molar-refractivity contribution in [2.45, 2.75) is 13.0 Å². The molecule has 128 valence electrons. The Labute approximate surface area is 153 Å². The van der Waals surface area contributed by atoms with Gasteiger partial charge in [0, 0.05) is 16.6 Å². The first-order chi connectivity index (χ1) is 12.1. The van der Waals surface area contributed by atoms with E-state index in [9.17, 15) is 4.79 Å². The average molecular weight is 403 g/mol. The molecule has 1 unspecified atom stereocenters. The van der Waals surface area contributed by atoms with E-state index in [-0.39, 0.29) is 5.91 Å². The van der Waals surface area contributed by atoms with E-state index in [1.54, 1.807) is 43.3 Å². The summed E-state index contributed by atoms with van der Waals surface area (Å²) in [6.45, 7) is 2.58. The molecule has 1 aliphatic heterocycles. The highest BCUT2D eigenvalue weighted by Gasteiger charge is 2.20. The quantitative estimate of drug-likeness (QED) is 0.846. The highest BCUT2D eigenvalue weighted by atomic mass is 79.9. The summed E-state index contributed by atoms with van der Waals surface area (Å²) in [4.78, 5) is 12.4. The number of anilines is 1. The van der Waals surface area contributed by atoms with Crippen molar-refractivity contribution in [2.75, 3.05) is 18.5 Å². The van der Waals surface area contributed by atoms with Gasteiger partial charge in [0.1, 0.15) is 25.0 Å². The molecule has 1 aliphatic rings. The molecule has 7 heteroatoms. The molecule has 25 heavy (non-hydrogen) atoms. The van der Waals surface area contributed by atoms with Crippen molar-refractivity contribution < 1.29 is 19.0 Å². The van der Waals surface area contributed by atoms with Crippen LogP contribution in [0.1, 0.15) is 12.5 Å². The first-order valence-corrected chi connectivity index (χ1v) is 8.43. The van der Waals surface area contributed by atoms with Crippen LogP contribution in [-0.4, -0.2) is 25.2 Å². The molecule has 0 radical (unpaired) electrons. The molecule has 0 saturated carbocycles. The van der Waals surface area contributed by atoms with E-state index in [0.717, 1.165) is 0 Å². The molecule has 6 nitrogen and oxygen atoms in total. The van der Waals surface area contributed by atoms with Gasteiger partial charge in [-0.15, -0.1) is 0 Å². The van der Waals surface area contributed by atoms with Gasteiger partial charge in [0.15, 0.2) is 17.6 Å². The van der Waals surface area contributed by atoms with Gasteiger partial charge in [0.2, 0.25) is 0 Å². The Bertz CT molecular complexity index is 847. The van der Waals surface area contributed by atoms with Gasteiger partial charge in [-0.1, -0.05) is 12.1 Å². The zero-order chi connectivity index (χ0) is 17.8. The molecule has 1 N–H and O–H groups in total. The van der Waals surface area contributed by atoms with Crippen LogP contribution in [0.5, 0.6) is 17.2 Å². The molecule has 0 spiro atoms. The summed E-state index contributed by atoms with van der Waals surface area (Å²) >= 11 is 3.41. The standard InChI is InChI=1S/C18H15BrN2O4/c1-11(25-15-5-3-2-4-12(15)10-20)18(22)21-14-9-17-16(8-13(14)19)23-6-7-24-17/h2-5,8-9,11H,6-7H2,1H3,(H,21,22). The number of fused-ring (bicyclic) bond motifs is 1. The molecule has 0 aliphatic carbocycles. The van der Waals surface area contributed by atoms with Gasteiger partial charge in [-0.3, -0.25) is 4.79 Å². The number of rotatable bonds is 4. The highest BCUT2D eigenvalue weighted by molar-refractivity contribution is 9.10. The normalized spacial score (nSPS) is 13.5. The number of amides is 1. The molecule has 0 bridgehead atoms. The largest absolute Gasteiger partial charge is 0.486 e. The smallest absolute Gasteiger partial charge is 0.265 e. The number of ether oxygens (including phenoxy) is 3. The van der Waals surface area contributed by atoms with Gasteiger partial charge in [0.25, 0.3) is 5.91 Å². The number of carbonyl (C=O) groups is 1. The van der Waals surface area contributed by atoms with Gasteiger partial charge < -0.3 is 19.5 Å². The maximum absolute atomic E-state index is 12.4. The molecule has 2 aromatic rings. The molecule has 0 saturated heterocycles. The van der Waals surface area contributed by atoms with E-state index in [0.29, 0.717) is 46.2 Å². The first kappa shape index (κ1) is 17.1. The molecule has 1 amide bonds. The van der Waals surface area contributed by atoms with E-state index in [1.807, 2.05) is 6.07 Å². The number of hydrogen-bond donors (Lipinski definition) is 1. The third-order valence-corrected chi connectivity index (χ3v) is 4.23. The van der Waals surface area contributed by atoms with Gasteiger partial charge in [0.05, 0.1) is 11.3 Å². The molecule has 2 aromatic carbocycles. The van der Waals surface area contributed by atoms with Crippen LogP contribution in [0, 0.1) is 11.3 Å². The Hall–Kier alpha value is -2.72. The lowest BCUT2D eigenvalue weighted by atomic mass is 10.2. The van der Waals surface area contributed by atoms with E-state index < -0.39 is 6.10 Å². The fraction of sp³-hybridized carbons (Fsp3) is 0.222.